The summed E-state index contributed by atoms with van der Waals surface area (Å²) in [4.78, 5) is 15.1. The van der Waals surface area contributed by atoms with Gasteiger partial charge in [0.05, 0.1) is 25.7 Å². The average molecular weight is 378 g/mol. The topological polar surface area (TPSA) is 29.5 Å². The minimum Gasteiger partial charge on any atom is -0.440 e. The van der Waals surface area contributed by atoms with Gasteiger partial charge in [0.15, 0.2) is 6.10 Å². The number of nitrogens with zero attached hydrogens (tertiary/aromatic N) is 2. The van der Waals surface area contributed by atoms with E-state index in [-0.39, 0.29) is 12.2 Å². The predicted octanol–water partition coefficient (Wildman–Crippen LogP) is 4.60. The van der Waals surface area contributed by atoms with Gasteiger partial charge in [-0.25, -0.2) is 4.79 Å². The fourth-order valence-electron chi connectivity index (χ4n) is 5.26. The van der Waals surface area contributed by atoms with Gasteiger partial charge < -0.3 is 9.22 Å². The van der Waals surface area contributed by atoms with Crippen molar-refractivity contribution in [2.45, 2.75) is 44.4 Å². The van der Waals surface area contributed by atoms with Crippen molar-refractivity contribution in [3.8, 4) is 0 Å². The largest absolute Gasteiger partial charge is 0.440 e. The van der Waals surface area contributed by atoms with Gasteiger partial charge in [-0.2, -0.15) is 0 Å². The van der Waals surface area contributed by atoms with Crippen LogP contribution in [0.1, 0.15) is 31.2 Å². The summed E-state index contributed by atoms with van der Waals surface area (Å²) in [5, 5.41) is 0. The van der Waals surface area contributed by atoms with Crippen molar-refractivity contribution in [2.24, 2.45) is 5.92 Å². The third kappa shape index (κ3) is 3.42. The molecule has 1 atom stereocenters. The molecule has 28 heavy (non-hydrogen) atoms. The number of carbonyl (C=O) groups is 1. The molecule has 1 amide bonds. The molecule has 0 radical (unpaired) electrons. The monoisotopic (exact) mass is 377 g/mol. The van der Waals surface area contributed by atoms with Crippen molar-refractivity contribution >= 4 is 11.8 Å². The highest BCUT2D eigenvalue weighted by atomic mass is 16.6. The number of hydrogen-bond acceptors (Lipinski definition) is 2. The molecule has 4 fully saturated rings. The molecule has 4 aliphatic rings. The van der Waals surface area contributed by atoms with Gasteiger partial charge >= 0.3 is 6.09 Å². The van der Waals surface area contributed by atoms with Crippen LogP contribution in [0.3, 0.4) is 0 Å². The van der Waals surface area contributed by atoms with Crippen LogP contribution in [0, 0.1) is 5.92 Å². The van der Waals surface area contributed by atoms with E-state index in [4.69, 9.17) is 4.74 Å². The van der Waals surface area contributed by atoms with Crippen LogP contribution in [0.2, 0.25) is 0 Å². The van der Waals surface area contributed by atoms with Crippen molar-refractivity contribution in [3.05, 3.63) is 66.2 Å². The maximum atomic E-state index is 13.3. The maximum absolute atomic E-state index is 13.3. The highest BCUT2D eigenvalue weighted by molar-refractivity contribution is 5.87. The summed E-state index contributed by atoms with van der Waals surface area (Å²) in [7, 11) is 0. The number of para-hydroxylation sites is 1. The number of hydrogen-bond donors (Lipinski definition) is 0. The van der Waals surface area contributed by atoms with E-state index in [1.165, 1.54) is 43.3 Å². The van der Waals surface area contributed by atoms with Crippen LogP contribution in [0.4, 0.5) is 10.5 Å². The number of rotatable bonds is 5. The maximum Gasteiger partial charge on any atom is 0.415 e. The van der Waals surface area contributed by atoms with Crippen LogP contribution in [0.15, 0.2) is 60.7 Å². The number of quaternary nitrogens is 1. The zero-order valence-electron chi connectivity index (χ0n) is 16.4. The zero-order valence-corrected chi connectivity index (χ0v) is 16.4. The number of anilines is 1. The second-order valence-corrected chi connectivity index (χ2v) is 8.75. The normalized spacial score (nSPS) is 28.7. The van der Waals surface area contributed by atoms with Crippen molar-refractivity contribution in [1.82, 2.24) is 0 Å². The zero-order chi connectivity index (χ0) is 19.0. The Morgan fingerprint density at radius 1 is 0.929 bits per heavy atom. The van der Waals surface area contributed by atoms with E-state index < -0.39 is 0 Å². The summed E-state index contributed by atoms with van der Waals surface area (Å²) in [6.07, 6.45) is 4.99. The van der Waals surface area contributed by atoms with E-state index in [2.05, 4.69) is 12.1 Å². The van der Waals surface area contributed by atoms with E-state index in [0.29, 0.717) is 12.5 Å². The Morgan fingerprint density at radius 2 is 1.57 bits per heavy atom. The molecule has 4 nitrogen and oxygen atoms in total. The van der Waals surface area contributed by atoms with Crippen LogP contribution in [0.25, 0.3) is 0 Å². The number of carbonyl (C=O) groups excluding carboxylic acids is 1. The quantitative estimate of drug-likeness (QED) is 0.713. The minimum absolute atomic E-state index is 0.0672. The van der Waals surface area contributed by atoms with E-state index in [1.807, 2.05) is 48.5 Å². The lowest BCUT2D eigenvalue weighted by molar-refractivity contribution is -0.955. The van der Waals surface area contributed by atoms with Gasteiger partial charge in [0.1, 0.15) is 6.54 Å². The van der Waals surface area contributed by atoms with Gasteiger partial charge in [-0.05, 0) is 17.7 Å². The molecular weight excluding hydrogens is 348 g/mol. The van der Waals surface area contributed by atoms with E-state index >= 15 is 0 Å². The molecule has 0 aromatic heterocycles. The van der Waals surface area contributed by atoms with Gasteiger partial charge in [0.25, 0.3) is 0 Å². The predicted molar refractivity (Wildman–Crippen MR) is 110 cm³/mol. The number of fused-ring (bicyclic) bond motifs is 3. The third-order valence-electron chi connectivity index (χ3n) is 7.01. The first-order valence-corrected chi connectivity index (χ1v) is 10.7. The second kappa shape index (κ2) is 7.25. The lowest BCUT2D eigenvalue weighted by atomic mass is 9.83. The van der Waals surface area contributed by atoms with Crippen LogP contribution in [0.5, 0.6) is 0 Å². The van der Waals surface area contributed by atoms with Crippen LogP contribution >= 0.6 is 0 Å². The lowest BCUT2D eigenvalue weighted by Crippen LogP contribution is -2.65. The summed E-state index contributed by atoms with van der Waals surface area (Å²) in [6, 6.07) is 20.9. The van der Waals surface area contributed by atoms with Crippen molar-refractivity contribution in [2.75, 3.05) is 24.5 Å². The summed E-state index contributed by atoms with van der Waals surface area (Å²) < 4.78 is 7.40. The minimum atomic E-state index is -0.206. The Morgan fingerprint density at radius 3 is 2.21 bits per heavy atom. The molecule has 3 heterocycles. The standard InChI is InChI=1S/C24H29N2O2/c27-24(28-23-18-26(22-11-12-22)15-13-20(23)14-16-26)25(21-9-5-2-6-10-21)17-19-7-3-1-4-8-19/h1-10,20,22-23H,11-18H2/q+1/t20?,23-,26?/m0/s1. The average Bonchev–Trinajstić information content (AvgIpc) is 3.60. The Bertz CT molecular complexity index is 811. The number of piperidine rings is 3. The number of ether oxygens (including phenoxy) is 1. The van der Waals surface area contributed by atoms with Crippen molar-refractivity contribution in [3.63, 3.8) is 0 Å². The smallest absolute Gasteiger partial charge is 0.415 e. The molecular formula is C24H29N2O2+. The van der Waals surface area contributed by atoms with Crippen LogP contribution < -0.4 is 4.90 Å². The summed E-state index contributed by atoms with van der Waals surface area (Å²) in [6.45, 7) is 4.13. The van der Waals surface area contributed by atoms with Gasteiger partial charge in [0.2, 0.25) is 0 Å². The summed E-state index contributed by atoms with van der Waals surface area (Å²) in [5.74, 6) is 0.539. The molecule has 4 heteroatoms. The fourth-order valence-corrected chi connectivity index (χ4v) is 5.26. The van der Waals surface area contributed by atoms with Crippen LogP contribution in [-0.2, 0) is 11.3 Å². The van der Waals surface area contributed by atoms with Crippen molar-refractivity contribution in [1.29, 1.82) is 0 Å². The number of benzene rings is 2. The first-order chi connectivity index (χ1) is 13.7. The molecule has 1 saturated carbocycles. The summed E-state index contributed by atoms with van der Waals surface area (Å²) >= 11 is 0. The molecule has 2 bridgehead atoms. The van der Waals surface area contributed by atoms with Crippen LogP contribution in [-0.4, -0.2) is 42.4 Å². The lowest BCUT2D eigenvalue weighted by Gasteiger charge is -2.52. The Balaban J connectivity index is 1.34. The van der Waals surface area contributed by atoms with E-state index in [9.17, 15) is 4.79 Å². The van der Waals surface area contributed by atoms with Gasteiger partial charge in [-0.3, -0.25) is 4.90 Å². The fraction of sp³-hybridized carbons (Fsp3) is 0.458. The number of amides is 1. The molecule has 146 valence electrons. The highest BCUT2D eigenvalue weighted by Gasteiger charge is 2.54. The molecule has 3 aliphatic heterocycles. The first-order valence-electron chi connectivity index (χ1n) is 10.7. The van der Waals surface area contributed by atoms with E-state index in [0.717, 1.165) is 23.8 Å². The van der Waals surface area contributed by atoms with Crippen molar-refractivity contribution < 1.29 is 14.0 Å². The molecule has 0 spiro atoms. The SMILES string of the molecule is O=C(O[C@H]1C[N+]2(C3CC3)CCC1CC2)N(Cc1ccccc1)c1ccccc1. The van der Waals surface area contributed by atoms with Gasteiger partial charge in [-0.15, -0.1) is 0 Å². The van der Waals surface area contributed by atoms with E-state index in [1.54, 1.807) is 4.90 Å². The molecule has 0 N–H and O–H groups in total. The Kier molecular flexibility index (Phi) is 4.59. The molecule has 3 saturated heterocycles. The Hall–Kier alpha value is -2.33. The summed E-state index contributed by atoms with van der Waals surface area (Å²) in [5.41, 5.74) is 2.00. The molecule has 1 aliphatic carbocycles. The van der Waals surface area contributed by atoms with Gasteiger partial charge in [-0.1, -0.05) is 48.5 Å². The molecule has 2 aromatic carbocycles. The third-order valence-corrected chi connectivity index (χ3v) is 7.01. The van der Waals surface area contributed by atoms with Gasteiger partial charge in [0, 0.05) is 37.3 Å². The first kappa shape index (κ1) is 17.7. The molecule has 0 unspecified atom stereocenters. The molecule has 2 aromatic rings. The molecule has 6 rings (SSSR count). The highest BCUT2D eigenvalue weighted by Crippen LogP contribution is 2.44. The second-order valence-electron chi connectivity index (χ2n) is 8.75. The Labute approximate surface area is 167 Å².